The molecule has 1 fully saturated rings. The average Bonchev–Trinajstić information content (AvgIpc) is 2.84. The molecule has 1 aliphatic heterocycles. The highest BCUT2D eigenvalue weighted by Crippen LogP contribution is 2.33. The van der Waals surface area contributed by atoms with Crippen LogP contribution in [0.15, 0.2) is 28.7 Å². The molecule has 2 unspecified atom stereocenters. The molecule has 1 saturated heterocycles. The van der Waals surface area contributed by atoms with Gasteiger partial charge in [-0.15, -0.1) is 0 Å². The minimum atomic E-state index is -0.714. The first-order valence-electron chi connectivity index (χ1n) is 6.23. The Bertz CT molecular complexity index is 543. The SMILES string of the molecule is OC(c1cc2cccc(Cl)c2o1)C1CCCCO1. The minimum Gasteiger partial charge on any atom is -0.457 e. The third kappa shape index (κ3) is 2.14. The van der Waals surface area contributed by atoms with Crippen molar-refractivity contribution in [2.45, 2.75) is 31.5 Å². The predicted octanol–water partition coefficient (Wildman–Crippen LogP) is 3.69. The zero-order chi connectivity index (χ0) is 12.5. The summed E-state index contributed by atoms with van der Waals surface area (Å²) in [5, 5.41) is 11.8. The van der Waals surface area contributed by atoms with Gasteiger partial charge < -0.3 is 14.3 Å². The summed E-state index contributed by atoms with van der Waals surface area (Å²) in [6.07, 6.45) is 2.14. The molecule has 1 aromatic heterocycles. The Hall–Kier alpha value is -1.03. The van der Waals surface area contributed by atoms with Crippen molar-refractivity contribution in [3.63, 3.8) is 0 Å². The Morgan fingerprint density at radius 1 is 1.33 bits per heavy atom. The molecule has 4 heteroatoms. The summed E-state index contributed by atoms with van der Waals surface area (Å²) in [5.74, 6) is 0.532. The van der Waals surface area contributed by atoms with Crippen molar-refractivity contribution in [1.82, 2.24) is 0 Å². The second-order valence-electron chi connectivity index (χ2n) is 4.66. The summed E-state index contributed by atoms with van der Waals surface area (Å²) in [6.45, 7) is 0.711. The standard InChI is InChI=1S/C14H15ClO3/c15-10-5-3-4-9-8-12(18-14(9)10)13(16)11-6-1-2-7-17-11/h3-5,8,11,13,16H,1-2,6-7H2. The lowest BCUT2D eigenvalue weighted by Crippen LogP contribution is -2.26. The van der Waals surface area contributed by atoms with Gasteiger partial charge in [-0.25, -0.2) is 0 Å². The van der Waals surface area contributed by atoms with Crippen LogP contribution in [-0.2, 0) is 4.74 Å². The molecule has 3 nitrogen and oxygen atoms in total. The third-order valence-corrected chi connectivity index (χ3v) is 3.67. The Kier molecular flexibility index (Phi) is 3.29. The summed E-state index contributed by atoms with van der Waals surface area (Å²) in [6, 6.07) is 7.40. The van der Waals surface area contributed by atoms with Crippen LogP contribution in [0, 0.1) is 0 Å². The molecular formula is C14H15ClO3. The quantitative estimate of drug-likeness (QED) is 0.901. The molecule has 1 aliphatic rings. The van der Waals surface area contributed by atoms with Crippen molar-refractivity contribution >= 4 is 22.6 Å². The van der Waals surface area contributed by atoms with E-state index in [9.17, 15) is 5.11 Å². The summed E-state index contributed by atoms with van der Waals surface area (Å²) < 4.78 is 11.2. The maximum Gasteiger partial charge on any atom is 0.152 e. The normalized spacial score (nSPS) is 22.2. The van der Waals surface area contributed by atoms with E-state index in [2.05, 4.69) is 0 Å². The van der Waals surface area contributed by atoms with E-state index >= 15 is 0 Å². The largest absolute Gasteiger partial charge is 0.457 e. The van der Waals surface area contributed by atoms with Gasteiger partial charge in [-0.3, -0.25) is 0 Å². The summed E-state index contributed by atoms with van der Waals surface area (Å²) in [4.78, 5) is 0. The number of benzene rings is 1. The topological polar surface area (TPSA) is 42.6 Å². The van der Waals surface area contributed by atoms with Crippen molar-refractivity contribution in [3.05, 3.63) is 35.0 Å². The zero-order valence-electron chi connectivity index (χ0n) is 9.93. The van der Waals surface area contributed by atoms with Crippen LogP contribution in [0.2, 0.25) is 5.02 Å². The number of rotatable bonds is 2. The van der Waals surface area contributed by atoms with Crippen LogP contribution < -0.4 is 0 Å². The molecule has 0 spiro atoms. The second-order valence-corrected chi connectivity index (χ2v) is 5.06. The summed E-state index contributed by atoms with van der Waals surface area (Å²) in [7, 11) is 0. The number of fused-ring (bicyclic) bond motifs is 1. The number of hydrogen-bond donors (Lipinski definition) is 1. The number of hydrogen-bond acceptors (Lipinski definition) is 3. The molecule has 2 atom stereocenters. The van der Waals surface area contributed by atoms with Crippen molar-refractivity contribution in [2.75, 3.05) is 6.61 Å². The number of furan rings is 1. The lowest BCUT2D eigenvalue weighted by molar-refractivity contribution is -0.0698. The van der Waals surface area contributed by atoms with E-state index in [1.54, 1.807) is 6.07 Å². The number of para-hydroxylation sites is 1. The number of halogens is 1. The van der Waals surface area contributed by atoms with Gasteiger partial charge in [0.2, 0.25) is 0 Å². The highest BCUT2D eigenvalue weighted by molar-refractivity contribution is 6.34. The van der Waals surface area contributed by atoms with E-state index in [-0.39, 0.29) is 6.10 Å². The van der Waals surface area contributed by atoms with Gasteiger partial charge in [0, 0.05) is 12.0 Å². The highest BCUT2D eigenvalue weighted by Gasteiger charge is 2.26. The number of ether oxygens (including phenoxy) is 1. The molecule has 0 saturated carbocycles. The van der Waals surface area contributed by atoms with Crippen molar-refractivity contribution in [2.24, 2.45) is 0 Å². The molecule has 3 rings (SSSR count). The maximum atomic E-state index is 10.3. The lowest BCUT2D eigenvalue weighted by atomic mass is 10.0. The van der Waals surface area contributed by atoms with E-state index in [0.717, 1.165) is 24.6 Å². The zero-order valence-corrected chi connectivity index (χ0v) is 10.7. The average molecular weight is 267 g/mol. The van der Waals surface area contributed by atoms with Gasteiger partial charge in [0.1, 0.15) is 11.9 Å². The van der Waals surface area contributed by atoms with Gasteiger partial charge in [0.25, 0.3) is 0 Å². The van der Waals surface area contributed by atoms with E-state index in [4.69, 9.17) is 20.8 Å². The van der Waals surface area contributed by atoms with E-state index in [1.807, 2.05) is 18.2 Å². The molecule has 1 aromatic carbocycles. The predicted molar refractivity (Wildman–Crippen MR) is 69.8 cm³/mol. The smallest absolute Gasteiger partial charge is 0.152 e. The third-order valence-electron chi connectivity index (χ3n) is 3.37. The molecule has 96 valence electrons. The molecule has 0 bridgehead atoms. The van der Waals surface area contributed by atoms with Crippen molar-refractivity contribution in [3.8, 4) is 0 Å². The molecular weight excluding hydrogens is 252 g/mol. The van der Waals surface area contributed by atoms with Gasteiger partial charge in [-0.1, -0.05) is 23.7 Å². The molecule has 1 N–H and O–H groups in total. The van der Waals surface area contributed by atoms with Gasteiger partial charge >= 0.3 is 0 Å². The monoisotopic (exact) mass is 266 g/mol. The van der Waals surface area contributed by atoms with Crippen molar-refractivity contribution < 1.29 is 14.3 Å². The van der Waals surface area contributed by atoms with Gasteiger partial charge in [-0.05, 0) is 31.4 Å². The molecule has 0 aliphatic carbocycles. The Balaban J connectivity index is 1.91. The number of aliphatic hydroxyl groups is 1. The van der Waals surface area contributed by atoms with Crippen LogP contribution in [-0.4, -0.2) is 17.8 Å². The molecule has 18 heavy (non-hydrogen) atoms. The minimum absolute atomic E-state index is 0.168. The van der Waals surface area contributed by atoms with Gasteiger partial charge in [0.05, 0.1) is 11.1 Å². The Morgan fingerprint density at radius 2 is 2.22 bits per heavy atom. The Labute approximate surface area is 110 Å². The van der Waals surface area contributed by atoms with Gasteiger partial charge in [-0.2, -0.15) is 0 Å². The second kappa shape index (κ2) is 4.92. The van der Waals surface area contributed by atoms with E-state index in [0.29, 0.717) is 23.0 Å². The molecule has 2 heterocycles. The highest BCUT2D eigenvalue weighted by atomic mass is 35.5. The van der Waals surface area contributed by atoms with Gasteiger partial charge in [0.15, 0.2) is 5.58 Å². The number of aliphatic hydroxyl groups excluding tert-OH is 1. The first-order valence-corrected chi connectivity index (χ1v) is 6.61. The first kappa shape index (κ1) is 12.0. The van der Waals surface area contributed by atoms with Crippen LogP contribution >= 0.6 is 11.6 Å². The fourth-order valence-corrected chi connectivity index (χ4v) is 2.61. The maximum absolute atomic E-state index is 10.3. The van der Waals surface area contributed by atoms with Crippen molar-refractivity contribution in [1.29, 1.82) is 0 Å². The molecule has 0 amide bonds. The molecule has 2 aromatic rings. The Morgan fingerprint density at radius 3 is 2.94 bits per heavy atom. The van der Waals surface area contributed by atoms with E-state index < -0.39 is 6.10 Å². The lowest BCUT2D eigenvalue weighted by Gasteiger charge is -2.25. The fraction of sp³-hybridized carbons (Fsp3) is 0.429. The van der Waals surface area contributed by atoms with Crippen LogP contribution in [0.25, 0.3) is 11.0 Å². The van der Waals surface area contributed by atoms with Crippen LogP contribution in [0.3, 0.4) is 0 Å². The first-order chi connectivity index (χ1) is 8.75. The molecule has 0 radical (unpaired) electrons. The summed E-state index contributed by atoms with van der Waals surface area (Å²) in [5.41, 5.74) is 0.629. The van der Waals surface area contributed by atoms with Crippen LogP contribution in [0.1, 0.15) is 31.1 Å². The van der Waals surface area contributed by atoms with E-state index in [1.165, 1.54) is 0 Å². The van der Waals surface area contributed by atoms with Crippen LogP contribution in [0.4, 0.5) is 0 Å². The fourth-order valence-electron chi connectivity index (χ4n) is 2.39. The summed E-state index contributed by atoms with van der Waals surface area (Å²) >= 11 is 6.05. The van der Waals surface area contributed by atoms with Crippen LogP contribution in [0.5, 0.6) is 0 Å².